The quantitative estimate of drug-likeness (QED) is 0.731. The van der Waals surface area contributed by atoms with Gasteiger partial charge in [0.05, 0.1) is 0 Å². The maximum absolute atomic E-state index is 12.8. The molecule has 6 nitrogen and oxygen atoms in total. The zero-order chi connectivity index (χ0) is 17.9. The number of hydrogen-bond acceptors (Lipinski definition) is 3. The van der Waals surface area contributed by atoms with Crippen LogP contribution >= 0.6 is 0 Å². The van der Waals surface area contributed by atoms with Gasteiger partial charge >= 0.3 is 6.03 Å². The Balaban J connectivity index is 1.93. The number of carbonyl (C=O) groups excluding carboxylic acids is 3. The topological polar surface area (TPSA) is 78.5 Å². The fourth-order valence-electron chi connectivity index (χ4n) is 3.76. The van der Waals surface area contributed by atoms with Crippen molar-refractivity contribution in [2.45, 2.75) is 77.8 Å². The van der Waals surface area contributed by atoms with Crippen LogP contribution in [-0.2, 0) is 9.59 Å². The van der Waals surface area contributed by atoms with Crippen LogP contribution in [0.1, 0.15) is 66.2 Å². The summed E-state index contributed by atoms with van der Waals surface area (Å²) in [5.74, 6) is 0.198. The fourth-order valence-corrected chi connectivity index (χ4v) is 3.76. The Morgan fingerprint density at radius 3 is 2.62 bits per heavy atom. The lowest BCUT2D eigenvalue weighted by molar-refractivity contribution is -0.137. The highest BCUT2D eigenvalue weighted by Crippen LogP contribution is 2.38. The van der Waals surface area contributed by atoms with Crippen molar-refractivity contribution in [1.82, 2.24) is 15.5 Å². The van der Waals surface area contributed by atoms with E-state index < -0.39 is 11.6 Å². The maximum Gasteiger partial charge on any atom is 0.325 e. The molecular weight excluding hydrogens is 306 g/mol. The van der Waals surface area contributed by atoms with Gasteiger partial charge in [-0.1, -0.05) is 33.6 Å². The second-order valence-corrected chi connectivity index (χ2v) is 7.88. The Hall–Kier alpha value is -1.59. The van der Waals surface area contributed by atoms with Gasteiger partial charge in [-0.15, -0.1) is 0 Å². The summed E-state index contributed by atoms with van der Waals surface area (Å²) in [6, 6.07) is -0.387. The molecule has 0 radical (unpaired) electrons. The molecule has 2 fully saturated rings. The predicted molar refractivity (Wildman–Crippen MR) is 92.3 cm³/mol. The van der Waals surface area contributed by atoms with E-state index in [0.717, 1.165) is 37.0 Å². The van der Waals surface area contributed by atoms with Crippen molar-refractivity contribution in [2.24, 2.45) is 11.8 Å². The molecule has 0 aromatic rings. The summed E-state index contributed by atoms with van der Waals surface area (Å²) in [5.41, 5.74) is -0.793. The molecule has 1 spiro atoms. The van der Waals surface area contributed by atoms with Crippen LogP contribution in [0, 0.1) is 11.8 Å². The minimum Gasteiger partial charge on any atom is -0.352 e. The summed E-state index contributed by atoms with van der Waals surface area (Å²) in [4.78, 5) is 38.4. The lowest BCUT2D eigenvalue weighted by Crippen LogP contribution is -2.54. The highest BCUT2D eigenvalue weighted by molar-refractivity contribution is 6.09. The first-order valence-electron chi connectivity index (χ1n) is 9.19. The lowest BCUT2D eigenvalue weighted by Gasteiger charge is -2.36. The number of carbonyl (C=O) groups is 3. The molecule has 136 valence electrons. The van der Waals surface area contributed by atoms with Crippen LogP contribution in [0.25, 0.3) is 0 Å². The third-order valence-electron chi connectivity index (χ3n) is 5.39. The van der Waals surface area contributed by atoms with Gasteiger partial charge in [-0.3, -0.25) is 14.5 Å². The van der Waals surface area contributed by atoms with Gasteiger partial charge in [0.25, 0.3) is 5.91 Å². The summed E-state index contributed by atoms with van der Waals surface area (Å²) in [6.45, 7) is 8.07. The molecule has 6 heteroatoms. The molecule has 4 amide bonds. The molecule has 1 heterocycles. The summed E-state index contributed by atoms with van der Waals surface area (Å²) in [7, 11) is 0. The third kappa shape index (κ3) is 3.90. The van der Waals surface area contributed by atoms with E-state index in [1.807, 2.05) is 13.8 Å². The van der Waals surface area contributed by atoms with E-state index in [9.17, 15) is 14.4 Å². The lowest BCUT2D eigenvalue weighted by atomic mass is 9.73. The van der Waals surface area contributed by atoms with Gasteiger partial charge in [0.1, 0.15) is 12.1 Å². The Bertz CT molecular complexity index is 506. The number of urea groups is 1. The number of amides is 4. The molecule has 24 heavy (non-hydrogen) atoms. The van der Waals surface area contributed by atoms with Crippen LogP contribution in [0.15, 0.2) is 0 Å². The molecule has 1 aliphatic carbocycles. The molecular formula is C18H31N3O3. The van der Waals surface area contributed by atoms with Crippen molar-refractivity contribution >= 4 is 17.8 Å². The number of imide groups is 1. The van der Waals surface area contributed by atoms with E-state index >= 15 is 0 Å². The van der Waals surface area contributed by atoms with Gasteiger partial charge < -0.3 is 10.6 Å². The normalized spacial score (nSPS) is 28.4. The molecule has 0 unspecified atom stereocenters. The number of nitrogens with zero attached hydrogens (tertiary/aromatic N) is 1. The largest absolute Gasteiger partial charge is 0.352 e. The van der Waals surface area contributed by atoms with Crippen molar-refractivity contribution in [3.05, 3.63) is 0 Å². The predicted octanol–water partition coefficient (Wildman–Crippen LogP) is 2.43. The van der Waals surface area contributed by atoms with Gasteiger partial charge in [0.2, 0.25) is 5.91 Å². The summed E-state index contributed by atoms with van der Waals surface area (Å²) in [5, 5.41) is 5.77. The van der Waals surface area contributed by atoms with Gasteiger partial charge in [0, 0.05) is 6.04 Å². The molecule has 1 aliphatic heterocycles. The Morgan fingerprint density at radius 1 is 1.29 bits per heavy atom. The van der Waals surface area contributed by atoms with E-state index in [0.29, 0.717) is 12.3 Å². The number of hydrogen-bond donors (Lipinski definition) is 2. The second-order valence-electron chi connectivity index (χ2n) is 7.88. The monoisotopic (exact) mass is 337 g/mol. The zero-order valence-electron chi connectivity index (χ0n) is 15.4. The fraction of sp³-hybridized carbons (Fsp3) is 0.833. The summed E-state index contributed by atoms with van der Waals surface area (Å²) < 4.78 is 0. The Morgan fingerprint density at radius 2 is 2.00 bits per heavy atom. The van der Waals surface area contributed by atoms with E-state index in [1.165, 1.54) is 0 Å². The molecule has 0 bridgehead atoms. The first-order valence-corrected chi connectivity index (χ1v) is 9.19. The second kappa shape index (κ2) is 7.53. The summed E-state index contributed by atoms with van der Waals surface area (Å²) >= 11 is 0. The van der Waals surface area contributed by atoms with Crippen molar-refractivity contribution in [3.8, 4) is 0 Å². The van der Waals surface area contributed by atoms with Crippen LogP contribution in [0.2, 0.25) is 0 Å². The van der Waals surface area contributed by atoms with Crippen LogP contribution in [0.5, 0.6) is 0 Å². The molecule has 2 N–H and O–H groups in total. The molecule has 0 aromatic heterocycles. The molecule has 0 aromatic carbocycles. The standard InChI is InChI=1S/C18H31N3O3/c1-12(2)8-9-14(4)19-15(22)11-21-16(23)18(20-17(21)24)10-6-5-7-13(18)3/h12-14H,5-11H2,1-4H3,(H,19,22)(H,20,24)/t13-,14+,18-/m1/s1. The molecule has 2 rings (SSSR count). The highest BCUT2D eigenvalue weighted by Gasteiger charge is 2.55. The maximum atomic E-state index is 12.8. The average molecular weight is 337 g/mol. The summed E-state index contributed by atoms with van der Waals surface area (Å²) in [6.07, 6.45) is 5.54. The Labute approximate surface area is 144 Å². The van der Waals surface area contributed by atoms with Gasteiger partial charge in [-0.2, -0.15) is 0 Å². The van der Waals surface area contributed by atoms with Crippen molar-refractivity contribution in [1.29, 1.82) is 0 Å². The van der Waals surface area contributed by atoms with Gasteiger partial charge in [-0.25, -0.2) is 4.79 Å². The molecule has 1 saturated heterocycles. The SMILES string of the molecule is CC(C)CC[C@H](C)NC(=O)CN1C(=O)N[C@@]2(CCCC[C@H]2C)C1=O. The molecule has 1 saturated carbocycles. The van der Waals surface area contributed by atoms with Gasteiger partial charge in [0.15, 0.2) is 0 Å². The van der Waals surface area contributed by atoms with Crippen molar-refractivity contribution < 1.29 is 14.4 Å². The van der Waals surface area contributed by atoms with E-state index in [4.69, 9.17) is 0 Å². The smallest absolute Gasteiger partial charge is 0.325 e. The average Bonchev–Trinajstić information content (AvgIpc) is 2.73. The van der Waals surface area contributed by atoms with Crippen LogP contribution in [0.3, 0.4) is 0 Å². The first-order chi connectivity index (χ1) is 11.3. The zero-order valence-corrected chi connectivity index (χ0v) is 15.4. The number of nitrogens with one attached hydrogen (secondary N) is 2. The minimum atomic E-state index is -0.793. The minimum absolute atomic E-state index is 0.0447. The number of rotatable bonds is 6. The Kier molecular flexibility index (Phi) is 5.88. The highest BCUT2D eigenvalue weighted by atomic mass is 16.2. The van der Waals surface area contributed by atoms with Crippen LogP contribution in [-0.4, -0.2) is 40.9 Å². The van der Waals surface area contributed by atoms with E-state index in [-0.39, 0.29) is 30.3 Å². The molecule has 2 aliphatic rings. The van der Waals surface area contributed by atoms with Crippen molar-refractivity contribution in [3.63, 3.8) is 0 Å². The molecule has 3 atom stereocenters. The van der Waals surface area contributed by atoms with E-state index in [2.05, 4.69) is 24.5 Å². The van der Waals surface area contributed by atoms with Crippen LogP contribution in [0.4, 0.5) is 4.79 Å². The van der Waals surface area contributed by atoms with Crippen molar-refractivity contribution in [2.75, 3.05) is 6.54 Å². The van der Waals surface area contributed by atoms with Gasteiger partial charge in [-0.05, 0) is 44.4 Å². The first kappa shape index (κ1) is 18.7. The van der Waals surface area contributed by atoms with E-state index in [1.54, 1.807) is 0 Å². The third-order valence-corrected chi connectivity index (χ3v) is 5.39. The van der Waals surface area contributed by atoms with Crippen LogP contribution < -0.4 is 10.6 Å².